The summed E-state index contributed by atoms with van der Waals surface area (Å²) in [5.41, 5.74) is 0. The van der Waals surface area contributed by atoms with E-state index < -0.39 is 0 Å². The first kappa shape index (κ1) is 26.1. The van der Waals surface area contributed by atoms with Gasteiger partial charge in [-0.15, -0.1) is 0 Å². The number of rotatable bonds is 16. The van der Waals surface area contributed by atoms with Gasteiger partial charge in [-0.3, -0.25) is 4.90 Å². The number of aryl methyl sites for hydroxylation is 1. The molecule has 0 atom stereocenters. The number of nitrogens with one attached hydrogen (secondary N) is 1. The zero-order valence-electron chi connectivity index (χ0n) is 20.0. The molecule has 0 saturated carbocycles. The molecule has 0 unspecified atom stereocenters. The molecule has 0 bridgehead atoms. The molecule has 31 heavy (non-hydrogen) atoms. The van der Waals surface area contributed by atoms with Crippen molar-refractivity contribution in [3.63, 3.8) is 0 Å². The van der Waals surface area contributed by atoms with Crippen LogP contribution in [0, 0.1) is 6.92 Å². The molecule has 2 rings (SSSR count). The van der Waals surface area contributed by atoms with E-state index in [4.69, 9.17) is 21.4 Å². The largest absolute Gasteiger partial charge is 0.464 e. The first-order valence-electron chi connectivity index (χ1n) is 12.6. The second-order valence-corrected chi connectivity index (χ2v) is 9.19. The van der Waals surface area contributed by atoms with Gasteiger partial charge < -0.3 is 19.4 Å². The van der Waals surface area contributed by atoms with Crippen molar-refractivity contribution in [2.24, 2.45) is 0 Å². The summed E-state index contributed by atoms with van der Waals surface area (Å²) in [6.45, 7) is 11.5. The summed E-state index contributed by atoms with van der Waals surface area (Å²) < 4.78 is 11.3. The molecule has 0 spiro atoms. The van der Waals surface area contributed by atoms with Gasteiger partial charge in [0.05, 0.1) is 19.8 Å². The smallest absolute Gasteiger partial charge is 0.169 e. The minimum Gasteiger partial charge on any atom is -0.464 e. The molecular weight excluding hydrogens is 406 g/mol. The van der Waals surface area contributed by atoms with E-state index in [1.165, 1.54) is 64.2 Å². The van der Waals surface area contributed by atoms with Gasteiger partial charge >= 0.3 is 0 Å². The van der Waals surface area contributed by atoms with E-state index in [-0.39, 0.29) is 0 Å². The highest BCUT2D eigenvalue weighted by atomic mass is 32.1. The van der Waals surface area contributed by atoms with Crippen LogP contribution in [0.5, 0.6) is 0 Å². The zero-order chi connectivity index (χ0) is 22.2. The van der Waals surface area contributed by atoms with E-state index >= 15 is 0 Å². The molecule has 1 aliphatic heterocycles. The average molecular weight is 452 g/mol. The molecule has 0 aromatic carbocycles. The third kappa shape index (κ3) is 11.9. The van der Waals surface area contributed by atoms with Crippen molar-refractivity contribution in [1.82, 2.24) is 15.1 Å². The van der Waals surface area contributed by atoms with Crippen LogP contribution < -0.4 is 5.32 Å². The molecule has 0 amide bonds. The molecule has 0 radical (unpaired) electrons. The van der Waals surface area contributed by atoms with E-state index in [1.807, 2.05) is 13.0 Å². The fourth-order valence-corrected chi connectivity index (χ4v) is 4.27. The number of unbranched alkanes of at least 4 members (excludes halogenated alkanes) is 9. The Hall–Kier alpha value is -1.11. The monoisotopic (exact) mass is 451 g/mol. The van der Waals surface area contributed by atoms with Crippen LogP contribution >= 0.6 is 12.2 Å². The highest BCUT2D eigenvalue weighted by molar-refractivity contribution is 7.80. The summed E-state index contributed by atoms with van der Waals surface area (Å²) >= 11 is 5.75. The molecule has 1 saturated heterocycles. The minimum absolute atomic E-state index is 0.724. The molecule has 1 fully saturated rings. The molecule has 1 aliphatic rings. The van der Waals surface area contributed by atoms with Gasteiger partial charge in [0.1, 0.15) is 11.5 Å². The highest BCUT2D eigenvalue weighted by Crippen LogP contribution is 2.12. The minimum atomic E-state index is 0.724. The molecular formula is C25H45N3O2S. The van der Waals surface area contributed by atoms with Gasteiger partial charge in [-0.2, -0.15) is 0 Å². The molecule has 1 aromatic rings. The zero-order valence-corrected chi connectivity index (χ0v) is 20.8. The SMILES string of the molecule is CCCCCCCCCCCCNC(=S)N(CCN1CCOCC1)Cc1ccc(C)o1. The third-order valence-corrected chi connectivity index (χ3v) is 6.43. The number of hydrogen-bond donors (Lipinski definition) is 1. The summed E-state index contributed by atoms with van der Waals surface area (Å²) in [6, 6.07) is 4.08. The average Bonchev–Trinajstić information content (AvgIpc) is 3.20. The van der Waals surface area contributed by atoms with Gasteiger partial charge in [-0.1, -0.05) is 64.7 Å². The molecule has 5 nitrogen and oxygen atoms in total. The number of thiocarbonyl (C=S) groups is 1. The van der Waals surface area contributed by atoms with Crippen molar-refractivity contribution in [2.45, 2.75) is 84.6 Å². The van der Waals surface area contributed by atoms with E-state index in [9.17, 15) is 0 Å². The lowest BCUT2D eigenvalue weighted by molar-refractivity contribution is 0.0355. The number of nitrogens with zero attached hydrogens (tertiary/aromatic N) is 2. The Bertz CT molecular complexity index is 587. The van der Waals surface area contributed by atoms with Crippen molar-refractivity contribution >= 4 is 17.3 Å². The van der Waals surface area contributed by atoms with Crippen LogP contribution in [0.3, 0.4) is 0 Å². The van der Waals surface area contributed by atoms with Gasteiger partial charge in [0.2, 0.25) is 0 Å². The maximum Gasteiger partial charge on any atom is 0.169 e. The van der Waals surface area contributed by atoms with E-state index in [0.717, 1.165) is 69.1 Å². The van der Waals surface area contributed by atoms with Gasteiger partial charge in [0.25, 0.3) is 0 Å². The molecule has 1 aromatic heterocycles. The predicted molar refractivity (Wildman–Crippen MR) is 134 cm³/mol. The summed E-state index contributed by atoms with van der Waals surface area (Å²) in [4.78, 5) is 4.70. The fraction of sp³-hybridized carbons (Fsp3) is 0.800. The van der Waals surface area contributed by atoms with Crippen molar-refractivity contribution in [3.8, 4) is 0 Å². The van der Waals surface area contributed by atoms with Crippen LogP contribution in [0.2, 0.25) is 0 Å². The van der Waals surface area contributed by atoms with Crippen molar-refractivity contribution < 1.29 is 9.15 Å². The van der Waals surface area contributed by atoms with E-state index in [1.54, 1.807) is 0 Å². The quantitative estimate of drug-likeness (QED) is 0.264. The first-order valence-corrected chi connectivity index (χ1v) is 13.0. The van der Waals surface area contributed by atoms with Gasteiger partial charge in [-0.25, -0.2) is 0 Å². The lowest BCUT2D eigenvalue weighted by Gasteiger charge is -2.31. The first-order chi connectivity index (χ1) is 15.2. The summed E-state index contributed by atoms with van der Waals surface area (Å²) in [5, 5.41) is 4.34. The van der Waals surface area contributed by atoms with Crippen LogP contribution in [0.1, 0.15) is 82.7 Å². The van der Waals surface area contributed by atoms with Crippen molar-refractivity contribution in [2.75, 3.05) is 45.9 Å². The second kappa shape index (κ2) is 16.5. The number of hydrogen-bond acceptors (Lipinski definition) is 4. The predicted octanol–water partition coefficient (Wildman–Crippen LogP) is 5.52. The Morgan fingerprint density at radius 2 is 1.65 bits per heavy atom. The van der Waals surface area contributed by atoms with E-state index in [2.05, 4.69) is 28.1 Å². The summed E-state index contributed by atoms with van der Waals surface area (Å²) in [7, 11) is 0. The van der Waals surface area contributed by atoms with Gasteiger partial charge in [-0.05, 0) is 37.7 Å². The number of furan rings is 1. The lowest BCUT2D eigenvalue weighted by atomic mass is 10.1. The molecule has 1 N–H and O–H groups in total. The molecule has 2 heterocycles. The normalized spacial score (nSPS) is 14.6. The highest BCUT2D eigenvalue weighted by Gasteiger charge is 2.16. The Morgan fingerprint density at radius 3 is 2.26 bits per heavy atom. The molecule has 178 valence electrons. The Morgan fingerprint density at radius 1 is 1.00 bits per heavy atom. The van der Waals surface area contributed by atoms with Crippen LogP contribution in [0.4, 0.5) is 0 Å². The van der Waals surface area contributed by atoms with Crippen LogP contribution in [-0.2, 0) is 11.3 Å². The standard InChI is InChI=1S/C25H45N3O2S/c1-3-4-5-6-7-8-9-10-11-12-15-26-25(31)28(22-24-14-13-23(2)30-24)17-16-27-18-20-29-21-19-27/h13-14H,3-12,15-22H2,1-2H3,(H,26,31). The number of morpholine rings is 1. The molecule has 0 aliphatic carbocycles. The lowest BCUT2D eigenvalue weighted by Crippen LogP contribution is -2.45. The summed E-state index contributed by atoms with van der Waals surface area (Å²) in [5.74, 6) is 1.93. The topological polar surface area (TPSA) is 40.9 Å². The Labute approximate surface area is 195 Å². The Balaban J connectivity index is 1.62. The maximum atomic E-state index is 5.80. The van der Waals surface area contributed by atoms with Gasteiger partial charge in [0.15, 0.2) is 5.11 Å². The van der Waals surface area contributed by atoms with Crippen molar-refractivity contribution in [3.05, 3.63) is 23.7 Å². The third-order valence-electron chi connectivity index (χ3n) is 6.03. The Kier molecular flexibility index (Phi) is 13.9. The van der Waals surface area contributed by atoms with Crippen LogP contribution in [0.15, 0.2) is 16.5 Å². The second-order valence-electron chi connectivity index (χ2n) is 8.80. The van der Waals surface area contributed by atoms with Crippen LogP contribution in [-0.4, -0.2) is 60.8 Å². The maximum absolute atomic E-state index is 5.80. The number of ether oxygens (including phenoxy) is 1. The fourth-order valence-electron chi connectivity index (χ4n) is 4.02. The van der Waals surface area contributed by atoms with Gasteiger partial charge in [0, 0.05) is 32.7 Å². The van der Waals surface area contributed by atoms with Crippen LogP contribution in [0.25, 0.3) is 0 Å². The van der Waals surface area contributed by atoms with E-state index in [0.29, 0.717) is 0 Å². The summed E-state index contributed by atoms with van der Waals surface area (Å²) in [6.07, 6.45) is 13.6. The van der Waals surface area contributed by atoms with Crippen molar-refractivity contribution in [1.29, 1.82) is 0 Å². The molecule has 6 heteroatoms.